The monoisotopic (exact) mass is 295 g/mol. The van der Waals surface area contributed by atoms with E-state index in [4.69, 9.17) is 9.84 Å². The van der Waals surface area contributed by atoms with Crippen LogP contribution in [0.15, 0.2) is 24.3 Å². The molecule has 112 valence electrons. The SMILES string of the molecule is COc1ccc(C2CC(NCCSCCCO)C2)cc1. The molecule has 0 radical (unpaired) electrons. The van der Waals surface area contributed by atoms with Crippen molar-refractivity contribution in [1.82, 2.24) is 5.32 Å². The van der Waals surface area contributed by atoms with Gasteiger partial charge in [-0.1, -0.05) is 12.1 Å². The van der Waals surface area contributed by atoms with E-state index in [1.165, 1.54) is 18.4 Å². The molecule has 1 aromatic rings. The van der Waals surface area contributed by atoms with Gasteiger partial charge in [-0.2, -0.15) is 11.8 Å². The average Bonchev–Trinajstić information content (AvgIpc) is 2.45. The summed E-state index contributed by atoms with van der Waals surface area (Å²) < 4.78 is 5.18. The number of ether oxygens (including phenoxy) is 1. The van der Waals surface area contributed by atoms with Crippen molar-refractivity contribution < 1.29 is 9.84 Å². The number of aliphatic hydroxyl groups excluding tert-OH is 1. The molecule has 1 fully saturated rings. The Labute approximate surface area is 126 Å². The van der Waals surface area contributed by atoms with E-state index in [2.05, 4.69) is 17.4 Å². The summed E-state index contributed by atoms with van der Waals surface area (Å²) in [4.78, 5) is 0. The lowest BCUT2D eigenvalue weighted by Crippen LogP contribution is -2.41. The van der Waals surface area contributed by atoms with Crippen molar-refractivity contribution in [2.45, 2.75) is 31.2 Å². The number of hydrogen-bond donors (Lipinski definition) is 2. The average molecular weight is 295 g/mol. The molecule has 0 spiro atoms. The van der Waals surface area contributed by atoms with Crippen LogP contribution >= 0.6 is 11.8 Å². The van der Waals surface area contributed by atoms with Crippen molar-refractivity contribution in [2.24, 2.45) is 0 Å². The molecule has 2 N–H and O–H groups in total. The Bertz CT molecular complexity index is 377. The normalized spacial score (nSPS) is 21.5. The van der Waals surface area contributed by atoms with Gasteiger partial charge in [0.1, 0.15) is 5.75 Å². The fourth-order valence-corrected chi connectivity index (χ4v) is 3.34. The predicted molar refractivity (Wildman–Crippen MR) is 85.8 cm³/mol. The van der Waals surface area contributed by atoms with E-state index in [1.54, 1.807) is 7.11 Å². The standard InChI is InChI=1S/C16H25NO2S/c1-19-16-5-3-13(4-6-16)14-11-15(12-14)17-7-10-20-9-2-8-18/h3-6,14-15,17-18H,2,7-12H2,1H3. The van der Waals surface area contributed by atoms with Crippen LogP contribution in [-0.4, -0.2) is 42.9 Å². The maximum Gasteiger partial charge on any atom is 0.118 e. The van der Waals surface area contributed by atoms with Crippen LogP contribution in [0.1, 0.15) is 30.7 Å². The molecule has 1 saturated carbocycles. The highest BCUT2D eigenvalue weighted by Gasteiger charge is 2.29. The minimum atomic E-state index is 0.312. The molecule has 2 rings (SSSR count). The number of aliphatic hydroxyl groups is 1. The van der Waals surface area contributed by atoms with Crippen LogP contribution in [0.2, 0.25) is 0 Å². The van der Waals surface area contributed by atoms with E-state index in [0.29, 0.717) is 18.6 Å². The summed E-state index contributed by atoms with van der Waals surface area (Å²) in [7, 11) is 1.71. The van der Waals surface area contributed by atoms with Crippen LogP contribution in [0, 0.1) is 0 Å². The maximum atomic E-state index is 8.69. The summed E-state index contributed by atoms with van der Waals surface area (Å²) in [6, 6.07) is 9.15. The van der Waals surface area contributed by atoms with Crippen molar-refractivity contribution in [3.63, 3.8) is 0 Å². The van der Waals surface area contributed by atoms with E-state index in [9.17, 15) is 0 Å². The van der Waals surface area contributed by atoms with Gasteiger partial charge < -0.3 is 15.2 Å². The lowest BCUT2D eigenvalue weighted by Gasteiger charge is -2.36. The number of nitrogens with one attached hydrogen (secondary N) is 1. The first-order chi connectivity index (χ1) is 9.83. The molecular formula is C16H25NO2S. The minimum Gasteiger partial charge on any atom is -0.497 e. The van der Waals surface area contributed by atoms with Gasteiger partial charge in [-0.15, -0.1) is 0 Å². The van der Waals surface area contributed by atoms with E-state index in [1.807, 2.05) is 23.9 Å². The molecule has 0 amide bonds. The topological polar surface area (TPSA) is 41.5 Å². The van der Waals surface area contributed by atoms with Crippen molar-refractivity contribution in [3.8, 4) is 5.75 Å². The zero-order valence-electron chi connectivity index (χ0n) is 12.2. The van der Waals surface area contributed by atoms with Gasteiger partial charge in [0.25, 0.3) is 0 Å². The lowest BCUT2D eigenvalue weighted by atomic mass is 9.76. The van der Waals surface area contributed by atoms with Crippen LogP contribution in [0.3, 0.4) is 0 Å². The van der Waals surface area contributed by atoms with Crippen molar-refractivity contribution in [1.29, 1.82) is 0 Å². The number of benzene rings is 1. The summed E-state index contributed by atoms with van der Waals surface area (Å²) in [5.74, 6) is 3.85. The van der Waals surface area contributed by atoms with E-state index in [0.717, 1.165) is 30.2 Å². The molecule has 0 atom stereocenters. The van der Waals surface area contributed by atoms with E-state index in [-0.39, 0.29) is 0 Å². The number of rotatable bonds is 9. The highest BCUT2D eigenvalue weighted by atomic mass is 32.2. The molecule has 0 saturated heterocycles. The van der Waals surface area contributed by atoms with E-state index < -0.39 is 0 Å². The Morgan fingerprint density at radius 3 is 2.65 bits per heavy atom. The second kappa shape index (κ2) is 8.55. The molecule has 1 aliphatic rings. The largest absolute Gasteiger partial charge is 0.497 e. The third kappa shape index (κ3) is 4.69. The number of thioether (sulfide) groups is 1. The van der Waals surface area contributed by atoms with Crippen molar-refractivity contribution >= 4 is 11.8 Å². The molecular weight excluding hydrogens is 270 g/mol. The third-order valence-electron chi connectivity index (χ3n) is 3.85. The fourth-order valence-electron chi connectivity index (χ4n) is 2.54. The van der Waals surface area contributed by atoms with Gasteiger partial charge >= 0.3 is 0 Å². The zero-order valence-corrected chi connectivity index (χ0v) is 13.0. The Morgan fingerprint density at radius 1 is 1.25 bits per heavy atom. The number of methoxy groups -OCH3 is 1. The van der Waals surface area contributed by atoms with Crippen molar-refractivity contribution in [2.75, 3.05) is 31.8 Å². The second-order valence-electron chi connectivity index (χ2n) is 5.28. The van der Waals surface area contributed by atoms with Gasteiger partial charge in [-0.25, -0.2) is 0 Å². The van der Waals surface area contributed by atoms with Gasteiger partial charge in [-0.3, -0.25) is 0 Å². The van der Waals surface area contributed by atoms with Gasteiger partial charge in [0.2, 0.25) is 0 Å². The lowest BCUT2D eigenvalue weighted by molar-refractivity contribution is 0.295. The van der Waals surface area contributed by atoms with Crippen LogP contribution in [0.4, 0.5) is 0 Å². The Balaban J connectivity index is 1.57. The Morgan fingerprint density at radius 2 is 2.00 bits per heavy atom. The molecule has 0 heterocycles. The predicted octanol–water partition coefficient (Wildman–Crippen LogP) is 2.65. The first kappa shape index (κ1) is 15.7. The van der Waals surface area contributed by atoms with Crippen LogP contribution in [-0.2, 0) is 0 Å². The summed E-state index contributed by atoms with van der Waals surface area (Å²) in [6.07, 6.45) is 3.40. The maximum absolute atomic E-state index is 8.69. The van der Waals surface area contributed by atoms with Gasteiger partial charge in [0.05, 0.1) is 7.11 Å². The Kier molecular flexibility index (Phi) is 6.70. The van der Waals surface area contributed by atoms with Crippen LogP contribution < -0.4 is 10.1 Å². The highest BCUT2D eigenvalue weighted by molar-refractivity contribution is 7.99. The summed E-state index contributed by atoms with van der Waals surface area (Å²) in [5.41, 5.74) is 1.43. The first-order valence-electron chi connectivity index (χ1n) is 7.39. The first-order valence-corrected chi connectivity index (χ1v) is 8.55. The quantitative estimate of drug-likeness (QED) is 0.687. The molecule has 20 heavy (non-hydrogen) atoms. The molecule has 1 aromatic carbocycles. The molecule has 4 heteroatoms. The van der Waals surface area contributed by atoms with Gasteiger partial charge in [0.15, 0.2) is 0 Å². The fraction of sp³-hybridized carbons (Fsp3) is 0.625. The molecule has 3 nitrogen and oxygen atoms in total. The highest BCUT2D eigenvalue weighted by Crippen LogP contribution is 2.37. The molecule has 0 aliphatic heterocycles. The minimum absolute atomic E-state index is 0.312. The zero-order chi connectivity index (χ0) is 14.2. The smallest absolute Gasteiger partial charge is 0.118 e. The van der Waals surface area contributed by atoms with Gasteiger partial charge in [-0.05, 0) is 48.6 Å². The summed E-state index contributed by atoms with van der Waals surface area (Å²) >= 11 is 1.92. The molecule has 1 aliphatic carbocycles. The molecule has 0 bridgehead atoms. The number of hydrogen-bond acceptors (Lipinski definition) is 4. The third-order valence-corrected chi connectivity index (χ3v) is 4.92. The van der Waals surface area contributed by atoms with Crippen LogP contribution in [0.5, 0.6) is 5.75 Å². The molecule has 0 aromatic heterocycles. The molecule has 0 unspecified atom stereocenters. The second-order valence-corrected chi connectivity index (χ2v) is 6.51. The van der Waals surface area contributed by atoms with Crippen LogP contribution in [0.25, 0.3) is 0 Å². The Hall–Kier alpha value is -0.710. The van der Waals surface area contributed by atoms with Gasteiger partial charge in [0, 0.05) is 24.9 Å². The summed E-state index contributed by atoms with van der Waals surface area (Å²) in [5, 5.41) is 12.3. The van der Waals surface area contributed by atoms with Crippen molar-refractivity contribution in [3.05, 3.63) is 29.8 Å². The summed E-state index contributed by atoms with van der Waals surface area (Å²) in [6.45, 7) is 1.39. The van der Waals surface area contributed by atoms with E-state index >= 15 is 0 Å².